The maximum atomic E-state index is 8.50. The molecule has 0 fully saturated rings. The molecule has 0 bridgehead atoms. The Morgan fingerprint density at radius 1 is 1.20 bits per heavy atom. The van der Waals surface area contributed by atoms with Gasteiger partial charge in [-0.1, -0.05) is 0 Å². The minimum absolute atomic E-state index is 0. The van der Waals surface area contributed by atoms with Gasteiger partial charge in [-0.05, 0) is 0 Å². The Morgan fingerprint density at radius 3 is 1.20 bits per heavy atom. The monoisotopic (exact) mass is 158 g/mol. The van der Waals surface area contributed by atoms with Crippen molar-refractivity contribution in [3.8, 4) is 0 Å². The Labute approximate surface area is 64.3 Å². The Hall–Kier alpha value is 1.56. The van der Waals surface area contributed by atoms with Crippen LogP contribution in [0.15, 0.2) is 0 Å². The fourth-order valence-corrected chi connectivity index (χ4v) is 0. The molecule has 0 radical (unpaired) electrons. The molecule has 0 aromatic carbocycles. The molecule has 0 unspecified atom stereocenters. The average Bonchev–Trinajstić information content (AvgIpc) is 0.918. The molecule has 0 spiro atoms. The fraction of sp³-hybridized carbons (Fsp3) is 0. The molecule has 0 saturated carbocycles. The summed E-state index contributed by atoms with van der Waals surface area (Å²) in [6.45, 7) is 0. The zero-order chi connectivity index (χ0) is 2.71. The van der Waals surface area contributed by atoms with Crippen molar-refractivity contribution in [3.05, 3.63) is 0 Å². The third kappa shape index (κ3) is 28.9. The first-order valence-electron chi connectivity index (χ1n) is 0.408. The summed E-state index contributed by atoms with van der Waals surface area (Å²) in [5, 5.41) is 0. The maximum Gasteiger partial charge on any atom is 0 e. The zero-order valence-corrected chi connectivity index (χ0v) is 4.94. The summed E-state index contributed by atoms with van der Waals surface area (Å²) < 4.78 is 17.0. The summed E-state index contributed by atoms with van der Waals surface area (Å²) >= 11 is -2.00. The van der Waals surface area contributed by atoms with Crippen molar-refractivity contribution in [1.82, 2.24) is 0 Å². The second kappa shape index (κ2) is 17.6. The minimum atomic E-state index is -2.00. The summed E-state index contributed by atoms with van der Waals surface area (Å²) in [5.74, 6) is 0. The third-order valence-electron chi connectivity index (χ3n) is 0. The van der Waals surface area contributed by atoms with Gasteiger partial charge in [0.2, 0.25) is 0 Å². The van der Waals surface area contributed by atoms with Gasteiger partial charge in [-0.15, -0.1) is 0 Å². The molecule has 0 atom stereocenters. The smallest absolute Gasteiger partial charge is 0 e. The minimum Gasteiger partial charge on any atom is 0 e. The Morgan fingerprint density at radius 2 is 1.20 bits per heavy atom. The van der Waals surface area contributed by atoms with Crippen LogP contribution in [0.5, 0.6) is 0 Å². The van der Waals surface area contributed by atoms with Crippen molar-refractivity contribution in [2.75, 3.05) is 0 Å². The van der Waals surface area contributed by atoms with E-state index in [-0.39, 0.29) is 39.1 Å². The van der Waals surface area contributed by atoms with E-state index in [0.29, 0.717) is 0 Å². The van der Waals surface area contributed by atoms with Crippen molar-refractivity contribution in [3.63, 3.8) is 0 Å². The van der Waals surface area contributed by atoms with E-state index >= 15 is 0 Å². The van der Waals surface area contributed by atoms with Gasteiger partial charge in [0, 0.05) is 21.7 Å². The number of hydrogen-bond acceptors (Lipinski definition) is 2. The molecule has 0 amide bonds. The van der Waals surface area contributed by atoms with E-state index in [9.17, 15) is 0 Å². The normalized spacial score (nSPS) is 1.60. The third-order valence-corrected chi connectivity index (χ3v) is 0. The van der Waals surface area contributed by atoms with Crippen LogP contribution in [0, 0.1) is 0 Å². The SMILES string of the molecule is [AlH3].[O]=[Ti]=[O].[Ti]. The van der Waals surface area contributed by atoms with E-state index in [1.807, 2.05) is 0 Å². The van der Waals surface area contributed by atoms with Crippen molar-refractivity contribution in [1.29, 1.82) is 0 Å². The summed E-state index contributed by atoms with van der Waals surface area (Å²) in [7, 11) is 0. The van der Waals surface area contributed by atoms with Crippen molar-refractivity contribution < 1.29 is 47.5 Å². The number of rotatable bonds is 0. The van der Waals surface area contributed by atoms with Crippen LogP contribution in [0.1, 0.15) is 0 Å². The van der Waals surface area contributed by atoms with Crippen LogP contribution in [-0.4, -0.2) is 17.4 Å². The molecule has 0 aliphatic carbocycles. The first-order valence-corrected chi connectivity index (χ1v) is 1.68. The van der Waals surface area contributed by atoms with Gasteiger partial charge in [-0.2, -0.15) is 0 Å². The molecule has 0 aromatic rings. The first-order chi connectivity index (χ1) is 1.41. The molecule has 2 nitrogen and oxygen atoms in total. The predicted octanol–water partition coefficient (Wildman–Crippen LogP) is -1.43. The van der Waals surface area contributed by atoms with Gasteiger partial charge < -0.3 is 0 Å². The van der Waals surface area contributed by atoms with Crippen LogP contribution in [0.2, 0.25) is 0 Å². The Bertz CT molecular complexity index is 28.6. The van der Waals surface area contributed by atoms with E-state index in [0.717, 1.165) is 0 Å². The van der Waals surface area contributed by atoms with Crippen LogP contribution in [0.4, 0.5) is 0 Å². The van der Waals surface area contributed by atoms with Gasteiger partial charge in [-0.3, -0.25) is 0 Å². The van der Waals surface area contributed by atoms with Crippen LogP contribution < -0.4 is 0 Å². The van der Waals surface area contributed by atoms with Gasteiger partial charge in [0.05, 0.1) is 0 Å². The molecule has 0 rings (SSSR count). The zero-order valence-electron chi connectivity index (χ0n) is 1.82. The quantitative estimate of drug-likeness (QED) is 0.405. The van der Waals surface area contributed by atoms with E-state index in [2.05, 4.69) is 0 Å². The molecule has 0 aliphatic heterocycles. The summed E-state index contributed by atoms with van der Waals surface area (Å²) in [6, 6.07) is 0. The molecule has 5 heavy (non-hydrogen) atoms. The maximum absolute atomic E-state index is 8.50. The summed E-state index contributed by atoms with van der Waals surface area (Å²) in [6.07, 6.45) is 0. The van der Waals surface area contributed by atoms with Crippen LogP contribution >= 0.6 is 0 Å². The van der Waals surface area contributed by atoms with E-state index in [1.54, 1.807) is 0 Å². The molecular weight excluding hydrogens is 155 g/mol. The van der Waals surface area contributed by atoms with Crippen molar-refractivity contribution in [2.45, 2.75) is 0 Å². The van der Waals surface area contributed by atoms with E-state index < -0.39 is 19.1 Å². The van der Waals surface area contributed by atoms with Crippen LogP contribution in [-0.2, 0) is 47.5 Å². The van der Waals surface area contributed by atoms with Gasteiger partial charge >= 0.3 is 25.7 Å². The topological polar surface area (TPSA) is 34.1 Å². The molecular formula is H3AlO2Ti2. The van der Waals surface area contributed by atoms with Gasteiger partial charge in [-0.25, -0.2) is 0 Å². The molecule has 0 saturated heterocycles. The molecule has 0 aliphatic rings. The molecule has 5 heteroatoms. The van der Waals surface area contributed by atoms with Gasteiger partial charge in [0.1, 0.15) is 0 Å². The molecule has 26 valence electrons. The standard InChI is InChI=1S/Al.2O.2Ti.3H. The summed E-state index contributed by atoms with van der Waals surface area (Å²) in [4.78, 5) is 0. The largest absolute Gasteiger partial charge is 0 e. The number of hydrogen-bond donors (Lipinski definition) is 0. The van der Waals surface area contributed by atoms with Crippen molar-refractivity contribution in [2.24, 2.45) is 0 Å². The van der Waals surface area contributed by atoms with Crippen LogP contribution in [0.3, 0.4) is 0 Å². The average molecular weight is 158 g/mol. The molecule has 0 heterocycles. The predicted molar refractivity (Wildman–Crippen MR) is 11.3 cm³/mol. The van der Waals surface area contributed by atoms with E-state index in [4.69, 9.17) is 6.65 Å². The molecule has 0 aromatic heterocycles. The second-order valence-electron chi connectivity index (χ2n) is 0.0833. The fourth-order valence-electron chi connectivity index (χ4n) is 0. The van der Waals surface area contributed by atoms with Crippen molar-refractivity contribution >= 4 is 17.4 Å². The Kier molecular flexibility index (Phi) is 56.4. The van der Waals surface area contributed by atoms with Gasteiger partial charge in [0.25, 0.3) is 0 Å². The second-order valence-corrected chi connectivity index (χ2v) is 0.344. The van der Waals surface area contributed by atoms with E-state index in [1.165, 1.54) is 0 Å². The Balaban J connectivity index is -0.0000000200. The van der Waals surface area contributed by atoms with Gasteiger partial charge in [0.15, 0.2) is 17.4 Å². The molecule has 0 N–H and O–H groups in total. The first kappa shape index (κ1) is 16.0. The summed E-state index contributed by atoms with van der Waals surface area (Å²) in [5.41, 5.74) is 0. The van der Waals surface area contributed by atoms with Crippen LogP contribution in [0.25, 0.3) is 0 Å².